The first-order valence-electron chi connectivity index (χ1n) is 8.97. The molecule has 0 saturated carbocycles. The van der Waals surface area contributed by atoms with Crippen molar-refractivity contribution in [2.45, 2.75) is 26.0 Å². The van der Waals surface area contributed by atoms with Gasteiger partial charge in [-0.3, -0.25) is 4.99 Å². The Morgan fingerprint density at radius 1 is 1.08 bits per heavy atom. The number of guanidine groups is 1. The number of ether oxygens (including phenoxy) is 1. The number of benzene rings is 2. The van der Waals surface area contributed by atoms with Gasteiger partial charge in [0.1, 0.15) is 5.82 Å². The van der Waals surface area contributed by atoms with Gasteiger partial charge in [-0.1, -0.05) is 42.5 Å². The third-order valence-electron chi connectivity index (χ3n) is 3.99. The van der Waals surface area contributed by atoms with Crippen molar-refractivity contribution in [3.63, 3.8) is 0 Å². The van der Waals surface area contributed by atoms with Gasteiger partial charge < -0.3 is 15.0 Å². The van der Waals surface area contributed by atoms with E-state index in [1.165, 1.54) is 11.6 Å². The molecule has 0 aromatic heterocycles. The van der Waals surface area contributed by atoms with Crippen molar-refractivity contribution in [1.29, 1.82) is 0 Å². The fourth-order valence-corrected chi connectivity index (χ4v) is 2.66. The predicted octanol–water partition coefficient (Wildman–Crippen LogP) is 3.83. The fraction of sp³-hybridized carbons (Fsp3) is 0.381. The quantitative estimate of drug-likeness (QED) is 0.421. The van der Waals surface area contributed by atoms with Crippen LogP contribution in [0.15, 0.2) is 59.6 Å². The number of aliphatic imine (C=N–C) groups is 1. The summed E-state index contributed by atoms with van der Waals surface area (Å²) in [6.45, 7) is 2.84. The number of nitrogens with zero attached hydrogens (tertiary/aromatic N) is 2. The van der Waals surface area contributed by atoms with E-state index < -0.39 is 0 Å². The van der Waals surface area contributed by atoms with E-state index >= 15 is 0 Å². The fourth-order valence-electron chi connectivity index (χ4n) is 2.66. The van der Waals surface area contributed by atoms with Crippen LogP contribution in [0.25, 0.3) is 0 Å². The van der Waals surface area contributed by atoms with Crippen molar-refractivity contribution < 1.29 is 9.13 Å². The maximum absolute atomic E-state index is 13.3. The van der Waals surface area contributed by atoms with Crippen molar-refractivity contribution in [3.05, 3.63) is 71.5 Å². The highest BCUT2D eigenvalue weighted by molar-refractivity contribution is 5.79. The third kappa shape index (κ3) is 7.23. The molecule has 0 spiro atoms. The first kappa shape index (κ1) is 19.9. The van der Waals surface area contributed by atoms with Gasteiger partial charge in [0.05, 0.1) is 6.61 Å². The zero-order valence-electron chi connectivity index (χ0n) is 15.6. The SMILES string of the molecule is CN=C(NCCCCOCc1ccccc1)N(C)Cc1cccc(F)c1. The molecule has 0 fully saturated rings. The van der Waals surface area contributed by atoms with Crippen molar-refractivity contribution in [2.24, 2.45) is 4.99 Å². The van der Waals surface area contributed by atoms with Crippen LogP contribution in [0.4, 0.5) is 4.39 Å². The van der Waals surface area contributed by atoms with E-state index in [4.69, 9.17) is 4.74 Å². The molecule has 0 atom stereocenters. The largest absolute Gasteiger partial charge is 0.377 e. The Bertz CT molecular complexity index is 676. The van der Waals surface area contributed by atoms with Crippen molar-refractivity contribution in [2.75, 3.05) is 27.2 Å². The molecule has 0 aliphatic carbocycles. The molecule has 0 unspecified atom stereocenters. The first-order chi connectivity index (χ1) is 12.7. The van der Waals surface area contributed by atoms with Crippen molar-refractivity contribution >= 4 is 5.96 Å². The van der Waals surface area contributed by atoms with Gasteiger partial charge in [0.25, 0.3) is 0 Å². The maximum atomic E-state index is 13.3. The molecule has 0 aliphatic heterocycles. The van der Waals surface area contributed by atoms with Crippen LogP contribution in [-0.2, 0) is 17.9 Å². The minimum Gasteiger partial charge on any atom is -0.377 e. The van der Waals surface area contributed by atoms with E-state index in [0.717, 1.165) is 37.5 Å². The van der Waals surface area contributed by atoms with Crippen LogP contribution in [-0.4, -0.2) is 38.1 Å². The summed E-state index contributed by atoms with van der Waals surface area (Å²) in [5.41, 5.74) is 2.12. The van der Waals surface area contributed by atoms with Crippen LogP contribution in [0.2, 0.25) is 0 Å². The normalized spacial score (nSPS) is 11.4. The topological polar surface area (TPSA) is 36.9 Å². The van der Waals surface area contributed by atoms with E-state index in [0.29, 0.717) is 13.2 Å². The summed E-state index contributed by atoms with van der Waals surface area (Å²) in [6, 6.07) is 16.8. The molecule has 2 rings (SSSR count). The van der Waals surface area contributed by atoms with E-state index in [1.807, 2.05) is 36.2 Å². The van der Waals surface area contributed by atoms with Gasteiger partial charge in [-0.05, 0) is 36.1 Å². The Balaban J connectivity index is 1.61. The molecular formula is C21H28FN3O. The van der Waals surface area contributed by atoms with Gasteiger partial charge in [-0.2, -0.15) is 0 Å². The highest BCUT2D eigenvalue weighted by Gasteiger charge is 2.06. The van der Waals surface area contributed by atoms with Crippen LogP contribution in [0.3, 0.4) is 0 Å². The monoisotopic (exact) mass is 357 g/mol. The Kier molecular flexibility index (Phi) is 8.63. The van der Waals surface area contributed by atoms with Gasteiger partial charge in [0, 0.05) is 33.8 Å². The number of unbranched alkanes of at least 4 members (excludes halogenated alkanes) is 1. The Hall–Kier alpha value is -2.40. The van der Waals surface area contributed by atoms with E-state index in [1.54, 1.807) is 19.2 Å². The molecule has 26 heavy (non-hydrogen) atoms. The Morgan fingerprint density at radius 3 is 2.58 bits per heavy atom. The van der Waals surface area contributed by atoms with Crippen LogP contribution < -0.4 is 5.32 Å². The average molecular weight is 357 g/mol. The molecule has 4 nitrogen and oxygen atoms in total. The second-order valence-electron chi connectivity index (χ2n) is 6.21. The lowest BCUT2D eigenvalue weighted by Gasteiger charge is -2.22. The van der Waals surface area contributed by atoms with Crippen LogP contribution in [0.5, 0.6) is 0 Å². The number of halogens is 1. The lowest BCUT2D eigenvalue weighted by molar-refractivity contribution is 0.117. The summed E-state index contributed by atoms with van der Waals surface area (Å²) in [5.74, 6) is 0.591. The standard InChI is InChI=1S/C21H28FN3O/c1-23-21(25(2)16-19-11-8-12-20(22)15-19)24-13-6-7-14-26-17-18-9-4-3-5-10-18/h3-5,8-12,15H,6-7,13-14,16-17H2,1-2H3,(H,23,24). The lowest BCUT2D eigenvalue weighted by Crippen LogP contribution is -2.38. The number of rotatable bonds is 9. The summed E-state index contributed by atoms with van der Waals surface area (Å²) in [4.78, 5) is 6.27. The Morgan fingerprint density at radius 2 is 1.85 bits per heavy atom. The maximum Gasteiger partial charge on any atom is 0.193 e. The molecule has 0 bridgehead atoms. The van der Waals surface area contributed by atoms with Crippen LogP contribution >= 0.6 is 0 Å². The van der Waals surface area contributed by atoms with Gasteiger partial charge in [0.15, 0.2) is 5.96 Å². The first-order valence-corrected chi connectivity index (χ1v) is 8.97. The smallest absolute Gasteiger partial charge is 0.193 e. The summed E-state index contributed by atoms with van der Waals surface area (Å²) in [7, 11) is 3.70. The van der Waals surface area contributed by atoms with Gasteiger partial charge >= 0.3 is 0 Å². The minimum absolute atomic E-state index is 0.214. The second kappa shape index (κ2) is 11.3. The highest BCUT2D eigenvalue weighted by atomic mass is 19.1. The van der Waals surface area contributed by atoms with E-state index in [-0.39, 0.29) is 5.82 Å². The summed E-state index contributed by atoms with van der Waals surface area (Å²) < 4.78 is 19.0. The molecular weight excluding hydrogens is 329 g/mol. The van der Waals surface area contributed by atoms with Gasteiger partial charge in [-0.15, -0.1) is 0 Å². The highest BCUT2D eigenvalue weighted by Crippen LogP contribution is 2.06. The average Bonchev–Trinajstić information content (AvgIpc) is 2.65. The number of nitrogens with one attached hydrogen (secondary N) is 1. The molecule has 1 N–H and O–H groups in total. The molecule has 0 aliphatic rings. The number of hydrogen-bond acceptors (Lipinski definition) is 2. The molecule has 2 aromatic carbocycles. The Labute approximate surface area is 155 Å². The van der Waals surface area contributed by atoms with Gasteiger partial charge in [0.2, 0.25) is 0 Å². The third-order valence-corrected chi connectivity index (χ3v) is 3.99. The summed E-state index contributed by atoms with van der Waals surface area (Å²) >= 11 is 0. The zero-order valence-corrected chi connectivity index (χ0v) is 15.6. The zero-order chi connectivity index (χ0) is 18.6. The van der Waals surface area contributed by atoms with E-state index in [9.17, 15) is 4.39 Å². The van der Waals surface area contributed by atoms with Crippen LogP contribution in [0, 0.1) is 5.82 Å². The summed E-state index contributed by atoms with van der Waals surface area (Å²) in [6.07, 6.45) is 1.99. The minimum atomic E-state index is -0.214. The number of hydrogen-bond donors (Lipinski definition) is 1. The molecule has 0 heterocycles. The molecule has 0 radical (unpaired) electrons. The molecule has 5 heteroatoms. The lowest BCUT2D eigenvalue weighted by atomic mass is 10.2. The van der Waals surface area contributed by atoms with E-state index in [2.05, 4.69) is 22.4 Å². The molecule has 0 saturated heterocycles. The molecule has 0 amide bonds. The van der Waals surface area contributed by atoms with Gasteiger partial charge in [-0.25, -0.2) is 4.39 Å². The second-order valence-corrected chi connectivity index (χ2v) is 6.21. The summed E-state index contributed by atoms with van der Waals surface area (Å²) in [5, 5.41) is 3.34. The molecule has 140 valence electrons. The predicted molar refractivity (Wildman–Crippen MR) is 105 cm³/mol. The van der Waals surface area contributed by atoms with Crippen molar-refractivity contribution in [1.82, 2.24) is 10.2 Å². The van der Waals surface area contributed by atoms with Crippen LogP contribution in [0.1, 0.15) is 24.0 Å². The molecule has 2 aromatic rings. The van der Waals surface area contributed by atoms with Crippen molar-refractivity contribution in [3.8, 4) is 0 Å².